The van der Waals surface area contributed by atoms with Gasteiger partial charge in [0.1, 0.15) is 6.54 Å². The van der Waals surface area contributed by atoms with Crippen molar-refractivity contribution in [1.82, 2.24) is 5.32 Å². The van der Waals surface area contributed by atoms with Crippen LogP contribution in [0.1, 0.15) is 5.56 Å². The first-order chi connectivity index (χ1) is 15.3. The van der Waals surface area contributed by atoms with Crippen molar-refractivity contribution in [2.75, 3.05) is 17.4 Å². The van der Waals surface area contributed by atoms with Gasteiger partial charge < -0.3 is 5.32 Å². The highest BCUT2D eigenvalue weighted by atomic mass is 35.5. The van der Waals surface area contributed by atoms with Gasteiger partial charge >= 0.3 is 0 Å². The average Bonchev–Trinajstić information content (AvgIpc) is 2.79. The molecule has 0 saturated carbocycles. The summed E-state index contributed by atoms with van der Waals surface area (Å²) in [7, 11) is -4.14. The van der Waals surface area contributed by atoms with E-state index in [2.05, 4.69) is 5.32 Å². The average molecular weight is 474 g/mol. The maximum Gasteiger partial charge on any atom is 0.271 e. The fourth-order valence-corrected chi connectivity index (χ4v) is 4.54. The number of halogens is 1. The first kappa shape index (κ1) is 23.2. The Bertz CT molecular complexity index is 1200. The summed E-state index contributed by atoms with van der Waals surface area (Å²) in [5.74, 6) is -0.537. The van der Waals surface area contributed by atoms with Crippen molar-refractivity contribution in [2.24, 2.45) is 0 Å². The van der Waals surface area contributed by atoms with Crippen molar-refractivity contribution in [3.05, 3.63) is 99.6 Å². The third-order valence-electron chi connectivity index (χ3n) is 4.60. The molecule has 8 nitrogen and oxygen atoms in total. The molecule has 0 aliphatic carbocycles. The van der Waals surface area contributed by atoms with Crippen molar-refractivity contribution >= 4 is 38.9 Å². The molecule has 0 saturated heterocycles. The van der Waals surface area contributed by atoms with Crippen molar-refractivity contribution in [2.45, 2.75) is 11.3 Å². The van der Waals surface area contributed by atoms with E-state index in [-0.39, 0.29) is 22.8 Å². The van der Waals surface area contributed by atoms with Crippen LogP contribution in [-0.4, -0.2) is 32.3 Å². The van der Waals surface area contributed by atoms with Crippen molar-refractivity contribution in [1.29, 1.82) is 0 Å². The van der Waals surface area contributed by atoms with Crippen LogP contribution in [-0.2, 0) is 21.2 Å². The van der Waals surface area contributed by atoms with E-state index in [1.807, 2.05) is 12.1 Å². The molecular formula is C22H20ClN3O5S. The second-order valence-electron chi connectivity index (χ2n) is 6.83. The highest BCUT2D eigenvalue weighted by molar-refractivity contribution is 7.92. The van der Waals surface area contributed by atoms with Gasteiger partial charge in [-0.05, 0) is 42.3 Å². The van der Waals surface area contributed by atoms with Gasteiger partial charge in [0.15, 0.2) is 0 Å². The number of non-ortho nitro benzene ring substituents is 1. The monoisotopic (exact) mass is 473 g/mol. The number of nitro benzene ring substituents is 1. The van der Waals surface area contributed by atoms with Gasteiger partial charge in [0.05, 0.1) is 15.5 Å². The molecule has 0 atom stereocenters. The molecule has 3 aromatic rings. The van der Waals surface area contributed by atoms with Gasteiger partial charge in [-0.15, -0.1) is 0 Å². The van der Waals surface area contributed by atoms with E-state index in [0.717, 1.165) is 15.9 Å². The summed E-state index contributed by atoms with van der Waals surface area (Å²) in [6, 6.07) is 19.9. The zero-order valence-corrected chi connectivity index (χ0v) is 18.4. The molecular weight excluding hydrogens is 454 g/mol. The molecule has 0 bridgehead atoms. The van der Waals surface area contributed by atoms with Crippen molar-refractivity contribution in [3.63, 3.8) is 0 Å². The molecule has 0 fully saturated rings. The first-order valence-corrected chi connectivity index (χ1v) is 11.4. The fourth-order valence-electron chi connectivity index (χ4n) is 2.98. The van der Waals surface area contributed by atoms with Gasteiger partial charge in [0, 0.05) is 23.7 Å². The van der Waals surface area contributed by atoms with Crippen LogP contribution in [0.2, 0.25) is 5.02 Å². The van der Waals surface area contributed by atoms with E-state index < -0.39 is 27.4 Å². The van der Waals surface area contributed by atoms with Crippen LogP contribution in [0.25, 0.3) is 0 Å². The maximum absolute atomic E-state index is 13.2. The van der Waals surface area contributed by atoms with Gasteiger partial charge in [-0.1, -0.05) is 48.0 Å². The van der Waals surface area contributed by atoms with Crippen molar-refractivity contribution in [3.8, 4) is 0 Å². The summed E-state index contributed by atoms with van der Waals surface area (Å²) in [4.78, 5) is 23.1. The smallest absolute Gasteiger partial charge is 0.271 e. The first-order valence-electron chi connectivity index (χ1n) is 9.61. The Balaban J connectivity index is 1.81. The number of sulfonamides is 1. The van der Waals surface area contributed by atoms with Crippen molar-refractivity contribution < 1.29 is 18.1 Å². The third-order valence-corrected chi connectivity index (χ3v) is 6.64. The Morgan fingerprint density at radius 1 is 1.00 bits per heavy atom. The molecule has 1 amide bonds. The van der Waals surface area contributed by atoms with Crippen LogP contribution < -0.4 is 9.62 Å². The number of amides is 1. The maximum atomic E-state index is 13.2. The number of nitrogens with zero attached hydrogens (tertiary/aromatic N) is 2. The summed E-state index contributed by atoms with van der Waals surface area (Å²) < 4.78 is 27.3. The molecule has 0 spiro atoms. The number of nitro groups is 1. The van der Waals surface area contributed by atoms with E-state index in [0.29, 0.717) is 11.4 Å². The molecule has 0 radical (unpaired) electrons. The summed E-state index contributed by atoms with van der Waals surface area (Å²) in [5, 5.41) is 14.5. The van der Waals surface area contributed by atoms with Crippen LogP contribution in [0, 0.1) is 10.1 Å². The van der Waals surface area contributed by atoms with E-state index in [9.17, 15) is 23.3 Å². The Morgan fingerprint density at radius 3 is 2.34 bits per heavy atom. The quantitative estimate of drug-likeness (QED) is 0.375. The molecule has 1 N–H and O–H groups in total. The van der Waals surface area contributed by atoms with Gasteiger partial charge in [0.2, 0.25) is 5.91 Å². The second kappa shape index (κ2) is 10.3. The van der Waals surface area contributed by atoms with Crippen LogP contribution in [0.15, 0.2) is 83.8 Å². The number of anilines is 1. The van der Waals surface area contributed by atoms with E-state index in [1.54, 1.807) is 30.3 Å². The normalized spacial score (nSPS) is 11.0. The lowest BCUT2D eigenvalue weighted by atomic mass is 10.1. The lowest BCUT2D eigenvalue weighted by molar-refractivity contribution is -0.384. The van der Waals surface area contributed by atoms with Gasteiger partial charge in [-0.3, -0.25) is 19.2 Å². The van der Waals surface area contributed by atoms with Crippen LogP contribution in [0.5, 0.6) is 0 Å². The minimum Gasteiger partial charge on any atom is -0.354 e. The SMILES string of the molecule is O=C(CN(c1cccc([N+](=O)[O-])c1)S(=O)(=O)c1ccccc1)NCCc1ccc(Cl)cc1. The predicted octanol–water partition coefficient (Wildman–Crippen LogP) is 3.80. The Kier molecular flexibility index (Phi) is 7.45. The largest absolute Gasteiger partial charge is 0.354 e. The fraction of sp³-hybridized carbons (Fsp3) is 0.136. The van der Waals surface area contributed by atoms with Gasteiger partial charge in [-0.25, -0.2) is 8.42 Å². The molecule has 10 heteroatoms. The molecule has 0 aliphatic rings. The lowest BCUT2D eigenvalue weighted by Crippen LogP contribution is -2.41. The topological polar surface area (TPSA) is 110 Å². The molecule has 0 heterocycles. The van der Waals surface area contributed by atoms with Crippen LogP contribution in [0.4, 0.5) is 11.4 Å². The molecule has 166 valence electrons. The number of carbonyl (C=O) groups excluding carboxylic acids is 1. The number of hydrogen-bond donors (Lipinski definition) is 1. The number of nitrogens with one attached hydrogen (secondary N) is 1. The van der Waals surface area contributed by atoms with E-state index >= 15 is 0 Å². The Morgan fingerprint density at radius 2 is 1.69 bits per heavy atom. The van der Waals surface area contributed by atoms with Crippen LogP contribution in [0.3, 0.4) is 0 Å². The number of hydrogen-bond acceptors (Lipinski definition) is 5. The Hall–Kier alpha value is -3.43. The molecule has 0 aliphatic heterocycles. The van der Waals surface area contributed by atoms with E-state index in [1.165, 1.54) is 30.3 Å². The summed E-state index contributed by atoms with van der Waals surface area (Å²) >= 11 is 5.86. The molecule has 3 rings (SSSR count). The van der Waals surface area contributed by atoms with Crippen LogP contribution >= 0.6 is 11.6 Å². The zero-order valence-electron chi connectivity index (χ0n) is 16.8. The minimum absolute atomic E-state index is 0.0240. The summed E-state index contributed by atoms with van der Waals surface area (Å²) in [5.41, 5.74) is 0.706. The number of carbonyl (C=O) groups is 1. The zero-order chi connectivity index (χ0) is 23.1. The minimum atomic E-state index is -4.14. The summed E-state index contributed by atoms with van der Waals surface area (Å²) in [6.07, 6.45) is 0.533. The Labute approximate surface area is 190 Å². The second-order valence-corrected chi connectivity index (χ2v) is 9.13. The molecule has 3 aromatic carbocycles. The third kappa shape index (κ3) is 5.83. The number of rotatable bonds is 9. The highest BCUT2D eigenvalue weighted by Gasteiger charge is 2.28. The highest BCUT2D eigenvalue weighted by Crippen LogP contribution is 2.26. The van der Waals surface area contributed by atoms with Gasteiger partial charge in [0.25, 0.3) is 15.7 Å². The lowest BCUT2D eigenvalue weighted by Gasteiger charge is -2.24. The van der Waals surface area contributed by atoms with E-state index in [4.69, 9.17) is 11.6 Å². The molecule has 0 aromatic heterocycles. The standard InChI is InChI=1S/C22H20ClN3O5S/c23-18-11-9-17(10-12-18)13-14-24-22(27)16-25(19-5-4-6-20(15-19)26(28)29)32(30,31)21-7-2-1-3-8-21/h1-12,15H,13-14,16H2,(H,24,27). The van der Waals surface area contributed by atoms with Gasteiger partial charge in [-0.2, -0.15) is 0 Å². The summed E-state index contributed by atoms with van der Waals surface area (Å²) in [6.45, 7) is -0.242. The number of benzene rings is 3. The predicted molar refractivity (Wildman–Crippen MR) is 122 cm³/mol. The molecule has 32 heavy (non-hydrogen) atoms. The molecule has 0 unspecified atom stereocenters.